The molecule has 0 aliphatic carbocycles. The molecule has 2 saturated heterocycles. The van der Waals surface area contributed by atoms with Crippen molar-refractivity contribution in [2.45, 2.75) is 5.16 Å². The van der Waals surface area contributed by atoms with Crippen molar-refractivity contribution in [3.63, 3.8) is 0 Å². The molecule has 33 heavy (non-hydrogen) atoms. The van der Waals surface area contributed by atoms with E-state index in [9.17, 15) is 9.59 Å². The van der Waals surface area contributed by atoms with Crippen molar-refractivity contribution in [2.75, 3.05) is 70.3 Å². The number of hydrazine groups is 1. The van der Waals surface area contributed by atoms with E-state index in [-0.39, 0.29) is 12.5 Å². The molecule has 176 valence electrons. The highest BCUT2D eigenvalue weighted by atomic mass is 32.2. The number of benzene rings is 1. The van der Waals surface area contributed by atoms with Crippen LogP contribution in [0.5, 0.6) is 0 Å². The van der Waals surface area contributed by atoms with Crippen LogP contribution in [0, 0.1) is 0 Å². The fourth-order valence-corrected chi connectivity index (χ4v) is 4.32. The number of anilines is 2. The molecule has 0 unspecified atom stereocenters. The number of nitrogens with zero attached hydrogens (tertiary/aromatic N) is 6. The molecule has 2 aliphatic rings. The summed E-state index contributed by atoms with van der Waals surface area (Å²) in [5.41, 5.74) is 1.33. The first-order valence-corrected chi connectivity index (χ1v) is 12.1. The summed E-state index contributed by atoms with van der Waals surface area (Å²) in [6.45, 7) is 4.47. The topological polar surface area (TPSA) is 102 Å². The zero-order chi connectivity index (χ0) is 23.2. The monoisotopic (exact) mass is 472 g/mol. The summed E-state index contributed by atoms with van der Waals surface area (Å²) in [6.07, 6.45) is 3.51. The number of carbonyl (C=O) groups excluding carboxylic acids is 1. The van der Waals surface area contributed by atoms with Crippen molar-refractivity contribution in [3.8, 4) is 0 Å². The highest BCUT2D eigenvalue weighted by Crippen LogP contribution is 2.31. The number of morpholine rings is 1. The van der Waals surface area contributed by atoms with Gasteiger partial charge in [0.25, 0.3) is 5.91 Å². The third-order valence-electron chi connectivity index (χ3n) is 5.65. The lowest BCUT2D eigenvalue weighted by molar-refractivity contribution is -0.138. The van der Waals surface area contributed by atoms with Crippen LogP contribution < -0.4 is 5.01 Å². The molecular formula is C22H28N6O4S. The predicted molar refractivity (Wildman–Crippen MR) is 125 cm³/mol. The molecule has 4 rings (SSSR count). The van der Waals surface area contributed by atoms with E-state index in [0.717, 1.165) is 5.69 Å². The molecule has 0 spiro atoms. The average molecular weight is 473 g/mol. The zero-order valence-electron chi connectivity index (χ0n) is 18.6. The Hall–Kier alpha value is -2.73. The minimum Gasteiger partial charge on any atom is -0.480 e. The molecule has 0 atom stereocenters. The van der Waals surface area contributed by atoms with Gasteiger partial charge in [0.05, 0.1) is 25.4 Å². The van der Waals surface area contributed by atoms with Gasteiger partial charge in [-0.05, 0) is 18.4 Å². The Morgan fingerprint density at radius 1 is 1.09 bits per heavy atom. The molecule has 0 radical (unpaired) electrons. The number of ether oxygens (including phenoxy) is 1. The van der Waals surface area contributed by atoms with Crippen LogP contribution in [-0.2, 0) is 9.53 Å². The molecule has 0 bridgehead atoms. The maximum atomic E-state index is 13.6. The lowest BCUT2D eigenvalue weighted by Gasteiger charge is -2.39. The molecule has 10 nitrogen and oxygen atoms in total. The number of hydrogen-bond acceptors (Lipinski definition) is 9. The number of amides is 1. The first-order valence-electron chi connectivity index (χ1n) is 10.9. The van der Waals surface area contributed by atoms with Crippen LogP contribution in [0.3, 0.4) is 0 Å². The molecule has 2 aliphatic heterocycles. The van der Waals surface area contributed by atoms with E-state index in [1.54, 1.807) is 11.1 Å². The maximum Gasteiger partial charge on any atom is 0.317 e. The second-order valence-corrected chi connectivity index (χ2v) is 8.54. The highest BCUT2D eigenvalue weighted by molar-refractivity contribution is 7.98. The van der Waals surface area contributed by atoms with Crippen molar-refractivity contribution in [2.24, 2.45) is 0 Å². The molecule has 1 N–H and O–H groups in total. The van der Waals surface area contributed by atoms with E-state index in [4.69, 9.17) is 14.8 Å². The fourth-order valence-electron chi connectivity index (χ4n) is 3.98. The number of aromatic nitrogens is 2. The van der Waals surface area contributed by atoms with Gasteiger partial charge in [-0.2, -0.15) is 0 Å². The van der Waals surface area contributed by atoms with E-state index in [1.807, 2.05) is 46.5 Å². The number of piperazine rings is 1. The van der Waals surface area contributed by atoms with Crippen LogP contribution >= 0.6 is 11.8 Å². The van der Waals surface area contributed by atoms with Crippen molar-refractivity contribution < 1.29 is 19.4 Å². The van der Waals surface area contributed by atoms with Gasteiger partial charge in [-0.3, -0.25) is 19.5 Å². The van der Waals surface area contributed by atoms with Crippen LogP contribution in [-0.4, -0.2) is 107 Å². The largest absolute Gasteiger partial charge is 0.480 e. The normalized spacial score (nSPS) is 17.7. The molecule has 11 heteroatoms. The van der Waals surface area contributed by atoms with Crippen molar-refractivity contribution in [3.05, 3.63) is 42.1 Å². The lowest BCUT2D eigenvalue weighted by atomic mass is 10.2. The van der Waals surface area contributed by atoms with E-state index >= 15 is 0 Å². The Morgan fingerprint density at radius 2 is 1.79 bits per heavy atom. The first kappa shape index (κ1) is 23.4. The second-order valence-electron chi connectivity index (χ2n) is 7.77. The summed E-state index contributed by atoms with van der Waals surface area (Å²) < 4.78 is 5.55. The molecular weight excluding hydrogens is 444 g/mol. The summed E-state index contributed by atoms with van der Waals surface area (Å²) in [6, 6.07) is 9.87. The Bertz CT molecular complexity index is 965. The van der Waals surface area contributed by atoms with Gasteiger partial charge in [0.2, 0.25) is 0 Å². The van der Waals surface area contributed by atoms with E-state index in [1.165, 1.54) is 11.8 Å². The molecule has 1 aromatic heterocycles. The molecule has 2 fully saturated rings. The maximum absolute atomic E-state index is 13.6. The van der Waals surface area contributed by atoms with Crippen molar-refractivity contribution in [1.29, 1.82) is 0 Å². The second kappa shape index (κ2) is 10.9. The third-order valence-corrected chi connectivity index (χ3v) is 6.21. The van der Waals surface area contributed by atoms with Gasteiger partial charge in [-0.1, -0.05) is 30.0 Å². The Labute approximate surface area is 197 Å². The van der Waals surface area contributed by atoms with Crippen molar-refractivity contribution in [1.82, 2.24) is 24.8 Å². The standard InChI is InChI=1S/C22H28N6O4S/c1-33-22-23-15-18(21(31)26-9-7-25(8-10-26)16-19(29)30)20(24-22)28(17-5-3-2-4-6-17)27-11-13-32-14-12-27/h2-6,15H,7-14,16H2,1H3,(H,29,30). The Morgan fingerprint density at radius 3 is 2.42 bits per heavy atom. The smallest absolute Gasteiger partial charge is 0.317 e. The number of para-hydroxylation sites is 1. The number of rotatable bonds is 7. The van der Waals surface area contributed by atoms with Gasteiger partial charge in [0.1, 0.15) is 5.56 Å². The van der Waals surface area contributed by atoms with Gasteiger partial charge in [0.15, 0.2) is 11.0 Å². The number of carboxylic acid groups (broad SMARTS) is 1. The summed E-state index contributed by atoms with van der Waals surface area (Å²) in [5.74, 6) is -0.468. The summed E-state index contributed by atoms with van der Waals surface area (Å²) in [5, 5.41) is 13.8. The predicted octanol–water partition coefficient (Wildman–Crippen LogP) is 1.43. The highest BCUT2D eigenvalue weighted by Gasteiger charge is 2.31. The Balaban J connectivity index is 1.67. The van der Waals surface area contributed by atoms with Crippen LogP contribution in [0.1, 0.15) is 10.4 Å². The van der Waals surface area contributed by atoms with Crippen molar-refractivity contribution >= 4 is 35.1 Å². The van der Waals surface area contributed by atoms with Crippen LogP contribution in [0.4, 0.5) is 11.5 Å². The molecule has 1 amide bonds. The Kier molecular flexibility index (Phi) is 7.76. The average Bonchev–Trinajstić information content (AvgIpc) is 2.85. The molecule has 2 aromatic rings. The van der Waals surface area contributed by atoms with Gasteiger partial charge < -0.3 is 14.7 Å². The fraction of sp³-hybridized carbons (Fsp3) is 0.455. The minimum atomic E-state index is -0.859. The summed E-state index contributed by atoms with van der Waals surface area (Å²) >= 11 is 1.42. The quantitative estimate of drug-likeness (QED) is 0.470. The number of thioether (sulfide) groups is 1. The minimum absolute atomic E-state index is 0.0162. The lowest BCUT2D eigenvalue weighted by Crippen LogP contribution is -2.51. The van der Waals surface area contributed by atoms with E-state index in [2.05, 4.69) is 9.99 Å². The van der Waals surface area contributed by atoms with Gasteiger partial charge in [-0.15, -0.1) is 0 Å². The first-order chi connectivity index (χ1) is 16.1. The van der Waals surface area contributed by atoms with Crippen LogP contribution in [0.2, 0.25) is 0 Å². The number of hydrogen-bond donors (Lipinski definition) is 1. The SMILES string of the molecule is CSc1ncc(C(=O)N2CCN(CC(=O)O)CC2)c(N(c2ccccc2)N2CCOCC2)n1. The van der Waals surface area contributed by atoms with Crippen LogP contribution in [0.25, 0.3) is 0 Å². The van der Waals surface area contributed by atoms with Gasteiger partial charge in [0, 0.05) is 45.5 Å². The van der Waals surface area contributed by atoms with Gasteiger partial charge >= 0.3 is 5.97 Å². The zero-order valence-corrected chi connectivity index (χ0v) is 19.4. The molecule has 0 saturated carbocycles. The van der Waals surface area contributed by atoms with E-state index in [0.29, 0.717) is 69.0 Å². The summed E-state index contributed by atoms with van der Waals surface area (Å²) in [7, 11) is 0. The van der Waals surface area contributed by atoms with Gasteiger partial charge in [-0.25, -0.2) is 15.0 Å². The number of aliphatic carboxylic acids is 1. The van der Waals surface area contributed by atoms with Crippen LogP contribution in [0.15, 0.2) is 41.7 Å². The molecule has 1 aromatic carbocycles. The number of carbonyl (C=O) groups is 2. The summed E-state index contributed by atoms with van der Waals surface area (Å²) in [4.78, 5) is 37.4. The molecule has 3 heterocycles. The van der Waals surface area contributed by atoms with E-state index < -0.39 is 5.97 Å². The third kappa shape index (κ3) is 5.61. The number of carboxylic acids is 1.